The summed E-state index contributed by atoms with van der Waals surface area (Å²) in [5, 5.41) is 0. The Bertz CT molecular complexity index is 175. The summed E-state index contributed by atoms with van der Waals surface area (Å²) in [7, 11) is 1.32. The minimum Gasteiger partial charge on any atom is -0.381 e. The number of hydrogen-bond donors (Lipinski definition) is 0. The van der Waals surface area contributed by atoms with Crippen LogP contribution in [0.1, 0.15) is 32.1 Å². The summed E-state index contributed by atoms with van der Waals surface area (Å²) in [4.78, 5) is 0. The Labute approximate surface area is 89.8 Å². The van der Waals surface area contributed by atoms with Gasteiger partial charge in [0.2, 0.25) is 0 Å². The van der Waals surface area contributed by atoms with E-state index in [2.05, 4.69) is 0 Å². The molecule has 0 N–H and O–H groups in total. The van der Waals surface area contributed by atoms with Crippen LogP contribution in [0.4, 0.5) is 0 Å². The summed E-state index contributed by atoms with van der Waals surface area (Å²) in [6, 6.07) is 1.37. The summed E-state index contributed by atoms with van der Waals surface area (Å²) in [6.07, 6.45) is 7.59. The Balaban J connectivity index is 1.54. The van der Waals surface area contributed by atoms with E-state index in [1.807, 2.05) is 0 Å². The molecule has 0 aromatic carbocycles. The van der Waals surface area contributed by atoms with Crippen LogP contribution >= 0.6 is 0 Å². The molecule has 3 atom stereocenters. The first-order valence-electron chi connectivity index (χ1n) is 6.13. The van der Waals surface area contributed by atoms with Crippen LogP contribution in [0.5, 0.6) is 0 Å². The average molecular weight is 214 g/mol. The van der Waals surface area contributed by atoms with Crippen LogP contribution in [0.15, 0.2) is 0 Å². The number of ether oxygens (including phenoxy) is 2. The third kappa shape index (κ3) is 2.58. The maximum absolute atomic E-state index is 5.81. The number of rotatable bonds is 6. The molecule has 0 amide bonds. The van der Waals surface area contributed by atoms with Crippen LogP contribution in [-0.2, 0) is 9.47 Å². The predicted molar refractivity (Wildman–Crippen MR) is 60.8 cm³/mol. The van der Waals surface area contributed by atoms with Gasteiger partial charge in [-0.1, -0.05) is 6.04 Å². The Morgan fingerprint density at radius 3 is 2.86 bits per heavy atom. The van der Waals surface area contributed by atoms with Gasteiger partial charge in [-0.3, -0.25) is 0 Å². The van der Waals surface area contributed by atoms with Crippen molar-refractivity contribution in [2.75, 3.05) is 13.2 Å². The van der Waals surface area contributed by atoms with Crippen molar-refractivity contribution < 1.29 is 9.47 Å². The molecular formula is C11H22O2Si. The average Bonchev–Trinajstić information content (AvgIpc) is 2.79. The van der Waals surface area contributed by atoms with Crippen LogP contribution in [0, 0.1) is 5.92 Å². The Kier molecular flexibility index (Phi) is 4.02. The van der Waals surface area contributed by atoms with E-state index in [0.29, 0.717) is 12.2 Å². The maximum atomic E-state index is 5.81. The summed E-state index contributed by atoms with van der Waals surface area (Å²) in [6.45, 7) is 1.93. The van der Waals surface area contributed by atoms with E-state index >= 15 is 0 Å². The topological polar surface area (TPSA) is 18.5 Å². The summed E-state index contributed by atoms with van der Waals surface area (Å²) < 4.78 is 11.4. The molecule has 2 aliphatic heterocycles. The zero-order chi connectivity index (χ0) is 9.80. The molecule has 14 heavy (non-hydrogen) atoms. The number of fused-ring (bicyclic) bond motifs is 2. The van der Waals surface area contributed by atoms with Gasteiger partial charge in [0.05, 0.1) is 12.2 Å². The van der Waals surface area contributed by atoms with E-state index < -0.39 is 0 Å². The van der Waals surface area contributed by atoms with Gasteiger partial charge in [0.1, 0.15) is 0 Å². The molecule has 0 spiro atoms. The molecule has 2 heterocycles. The van der Waals surface area contributed by atoms with Crippen molar-refractivity contribution in [2.45, 2.75) is 50.4 Å². The second-order valence-electron chi connectivity index (χ2n) is 4.62. The highest BCUT2D eigenvalue weighted by molar-refractivity contribution is 6.08. The molecule has 2 aliphatic rings. The fourth-order valence-corrected chi connectivity index (χ4v) is 2.92. The van der Waals surface area contributed by atoms with Gasteiger partial charge < -0.3 is 9.47 Å². The molecule has 3 heteroatoms. The van der Waals surface area contributed by atoms with E-state index in [4.69, 9.17) is 9.47 Å². The van der Waals surface area contributed by atoms with Crippen molar-refractivity contribution in [2.24, 2.45) is 5.92 Å². The molecule has 3 unspecified atom stereocenters. The Morgan fingerprint density at radius 2 is 2.21 bits per heavy atom. The molecule has 0 aromatic heterocycles. The zero-order valence-corrected chi connectivity index (χ0v) is 11.2. The quantitative estimate of drug-likeness (QED) is 0.487. The first-order chi connectivity index (χ1) is 6.90. The molecule has 0 aromatic rings. The van der Waals surface area contributed by atoms with Crippen molar-refractivity contribution in [1.29, 1.82) is 0 Å². The van der Waals surface area contributed by atoms with E-state index in [0.717, 1.165) is 19.1 Å². The smallest absolute Gasteiger partial charge is 0.0609 e. The number of hydrogen-bond acceptors (Lipinski definition) is 2. The minimum absolute atomic E-state index is 0.585. The molecule has 82 valence electrons. The van der Waals surface area contributed by atoms with Gasteiger partial charge in [0.15, 0.2) is 0 Å². The van der Waals surface area contributed by atoms with E-state index in [9.17, 15) is 0 Å². The van der Waals surface area contributed by atoms with Crippen molar-refractivity contribution in [3.05, 3.63) is 0 Å². The van der Waals surface area contributed by atoms with Gasteiger partial charge in [0.25, 0.3) is 0 Å². The molecule has 0 aliphatic carbocycles. The van der Waals surface area contributed by atoms with Crippen molar-refractivity contribution in [3.8, 4) is 0 Å². The zero-order valence-electron chi connectivity index (χ0n) is 9.21. The fraction of sp³-hybridized carbons (Fsp3) is 1.00. The van der Waals surface area contributed by atoms with Crippen molar-refractivity contribution in [3.63, 3.8) is 0 Å². The largest absolute Gasteiger partial charge is 0.381 e. The highest BCUT2D eigenvalue weighted by atomic mass is 28.1. The maximum Gasteiger partial charge on any atom is 0.0609 e. The minimum atomic E-state index is 0.585. The van der Waals surface area contributed by atoms with Gasteiger partial charge >= 0.3 is 0 Å². The van der Waals surface area contributed by atoms with Gasteiger partial charge in [-0.2, -0.15) is 0 Å². The van der Waals surface area contributed by atoms with Crippen LogP contribution < -0.4 is 0 Å². The van der Waals surface area contributed by atoms with E-state index in [1.165, 1.54) is 48.4 Å². The molecule has 2 bridgehead atoms. The highest BCUT2D eigenvalue weighted by Crippen LogP contribution is 2.40. The standard InChI is InChI=1S/C11H22O2Si/c14-7-1-5-12-6-4-9-8-10-2-3-11(9)13-10/h9-11H,1-8H2,14H3. The first kappa shape index (κ1) is 10.6. The van der Waals surface area contributed by atoms with E-state index in [-0.39, 0.29) is 0 Å². The van der Waals surface area contributed by atoms with Crippen molar-refractivity contribution >= 4 is 10.2 Å². The Morgan fingerprint density at radius 1 is 1.29 bits per heavy atom. The third-order valence-corrected chi connectivity index (χ3v) is 4.21. The van der Waals surface area contributed by atoms with Gasteiger partial charge in [-0.15, -0.1) is 0 Å². The second kappa shape index (κ2) is 5.28. The fourth-order valence-electron chi connectivity index (χ4n) is 2.63. The molecule has 2 saturated heterocycles. The molecule has 0 radical (unpaired) electrons. The molecule has 2 nitrogen and oxygen atoms in total. The third-order valence-electron chi connectivity index (χ3n) is 3.51. The highest BCUT2D eigenvalue weighted by Gasteiger charge is 2.40. The summed E-state index contributed by atoms with van der Waals surface area (Å²) in [5.74, 6) is 0.810. The van der Waals surface area contributed by atoms with Gasteiger partial charge in [0, 0.05) is 23.5 Å². The van der Waals surface area contributed by atoms with Gasteiger partial charge in [-0.05, 0) is 38.0 Å². The van der Waals surface area contributed by atoms with Crippen molar-refractivity contribution in [1.82, 2.24) is 0 Å². The van der Waals surface area contributed by atoms with Crippen LogP contribution in [0.3, 0.4) is 0 Å². The second-order valence-corrected chi connectivity index (χ2v) is 5.62. The predicted octanol–water partition coefficient (Wildman–Crippen LogP) is 1.13. The molecule has 2 fully saturated rings. The normalized spacial score (nSPS) is 35.6. The van der Waals surface area contributed by atoms with Crippen LogP contribution in [-0.4, -0.2) is 35.7 Å². The first-order valence-corrected chi connectivity index (χ1v) is 7.54. The van der Waals surface area contributed by atoms with Gasteiger partial charge in [-0.25, -0.2) is 0 Å². The summed E-state index contributed by atoms with van der Waals surface area (Å²) >= 11 is 0. The molecule has 0 saturated carbocycles. The monoisotopic (exact) mass is 214 g/mol. The lowest BCUT2D eigenvalue weighted by Gasteiger charge is -2.18. The SMILES string of the molecule is [SiH3]CCCOCCC1CC2CCC1O2. The lowest BCUT2D eigenvalue weighted by Crippen LogP contribution is -2.18. The summed E-state index contributed by atoms with van der Waals surface area (Å²) in [5.41, 5.74) is 0. The van der Waals surface area contributed by atoms with Crippen LogP contribution in [0.25, 0.3) is 0 Å². The van der Waals surface area contributed by atoms with E-state index in [1.54, 1.807) is 0 Å². The molecule has 2 rings (SSSR count). The van der Waals surface area contributed by atoms with Crippen LogP contribution in [0.2, 0.25) is 6.04 Å². The lowest BCUT2D eigenvalue weighted by molar-refractivity contribution is 0.0764. The lowest BCUT2D eigenvalue weighted by atomic mass is 9.87. The molecular weight excluding hydrogens is 192 g/mol. The Hall–Kier alpha value is 0.137.